The van der Waals surface area contributed by atoms with Crippen molar-refractivity contribution in [2.24, 2.45) is 0 Å². The first-order valence-electron chi connectivity index (χ1n) is 8.50. The maximum atomic E-state index is 12.9. The molecule has 26 heavy (non-hydrogen) atoms. The number of nitrogen functional groups attached to an aromatic ring is 1. The van der Waals surface area contributed by atoms with Crippen molar-refractivity contribution in [3.8, 4) is 11.5 Å². The Labute approximate surface area is 149 Å². The van der Waals surface area contributed by atoms with Crippen LogP contribution in [-0.2, 0) is 16.1 Å². The SMILES string of the molecule is C[C@H]1CN(C(=O)Cn2c(-c3nonc3N)nc3ccccc32)C[C@H](C)O1. The van der Waals surface area contributed by atoms with E-state index in [1.807, 2.05) is 43.0 Å². The molecule has 1 aliphatic heterocycles. The van der Waals surface area contributed by atoms with E-state index in [0.29, 0.717) is 24.6 Å². The van der Waals surface area contributed by atoms with E-state index in [9.17, 15) is 4.79 Å². The molecule has 3 aromatic rings. The third-order valence-corrected chi connectivity index (χ3v) is 4.45. The van der Waals surface area contributed by atoms with Crippen molar-refractivity contribution in [2.45, 2.75) is 32.6 Å². The normalized spacial score (nSPS) is 20.6. The smallest absolute Gasteiger partial charge is 0.242 e. The van der Waals surface area contributed by atoms with Gasteiger partial charge in [0.2, 0.25) is 5.91 Å². The summed E-state index contributed by atoms with van der Waals surface area (Å²) in [6, 6.07) is 7.58. The van der Waals surface area contributed by atoms with E-state index in [0.717, 1.165) is 11.0 Å². The summed E-state index contributed by atoms with van der Waals surface area (Å²) in [6.07, 6.45) is 0.0224. The number of carbonyl (C=O) groups excluding carboxylic acids is 1. The van der Waals surface area contributed by atoms with E-state index in [2.05, 4.69) is 15.3 Å². The summed E-state index contributed by atoms with van der Waals surface area (Å²) in [4.78, 5) is 19.3. The standard InChI is InChI=1S/C17H20N6O3/c1-10-7-22(8-11(2)25-10)14(24)9-23-13-6-4-3-5-12(13)19-17(23)15-16(18)21-26-20-15/h3-6,10-11H,7-9H2,1-2H3,(H2,18,21)/t10-,11-/m0/s1. The average Bonchev–Trinajstić information content (AvgIpc) is 3.17. The van der Waals surface area contributed by atoms with Gasteiger partial charge < -0.3 is 19.9 Å². The number of nitrogens with zero attached hydrogens (tertiary/aromatic N) is 5. The van der Waals surface area contributed by atoms with Gasteiger partial charge in [-0.15, -0.1) is 0 Å². The monoisotopic (exact) mass is 356 g/mol. The van der Waals surface area contributed by atoms with Gasteiger partial charge in [0.25, 0.3) is 0 Å². The van der Waals surface area contributed by atoms with Crippen LogP contribution in [0.3, 0.4) is 0 Å². The number of carbonyl (C=O) groups is 1. The van der Waals surface area contributed by atoms with Crippen LogP contribution < -0.4 is 5.73 Å². The van der Waals surface area contributed by atoms with E-state index in [1.54, 1.807) is 4.57 Å². The van der Waals surface area contributed by atoms with Gasteiger partial charge >= 0.3 is 0 Å². The number of para-hydroxylation sites is 2. The molecule has 0 saturated carbocycles. The lowest BCUT2D eigenvalue weighted by atomic mass is 10.2. The van der Waals surface area contributed by atoms with Gasteiger partial charge in [0, 0.05) is 13.1 Å². The zero-order valence-corrected chi connectivity index (χ0v) is 14.6. The Morgan fingerprint density at radius 3 is 2.65 bits per heavy atom. The third kappa shape index (κ3) is 2.90. The summed E-state index contributed by atoms with van der Waals surface area (Å²) in [5, 5.41) is 7.47. The number of imidazole rings is 1. The molecule has 2 aromatic heterocycles. The van der Waals surface area contributed by atoms with Crippen LogP contribution in [0, 0.1) is 0 Å². The van der Waals surface area contributed by atoms with Gasteiger partial charge in [0.1, 0.15) is 6.54 Å². The molecule has 1 aromatic carbocycles. The highest BCUT2D eigenvalue weighted by molar-refractivity contribution is 5.85. The fraction of sp³-hybridized carbons (Fsp3) is 0.412. The van der Waals surface area contributed by atoms with E-state index >= 15 is 0 Å². The number of morpholine rings is 1. The maximum Gasteiger partial charge on any atom is 0.242 e. The molecule has 0 bridgehead atoms. The highest BCUT2D eigenvalue weighted by Gasteiger charge is 2.27. The second kappa shape index (κ2) is 6.41. The third-order valence-electron chi connectivity index (χ3n) is 4.45. The minimum Gasteiger partial charge on any atom is -0.379 e. The first kappa shape index (κ1) is 16.5. The van der Waals surface area contributed by atoms with Crippen molar-refractivity contribution in [1.82, 2.24) is 24.8 Å². The number of hydrogen-bond donors (Lipinski definition) is 1. The van der Waals surface area contributed by atoms with Crippen LogP contribution in [-0.4, -0.2) is 56.0 Å². The van der Waals surface area contributed by atoms with Crippen molar-refractivity contribution in [3.63, 3.8) is 0 Å². The van der Waals surface area contributed by atoms with Crippen molar-refractivity contribution in [2.75, 3.05) is 18.8 Å². The number of benzene rings is 1. The highest BCUT2D eigenvalue weighted by Crippen LogP contribution is 2.26. The first-order valence-corrected chi connectivity index (χ1v) is 8.50. The number of aromatic nitrogens is 4. The molecule has 9 nitrogen and oxygen atoms in total. The molecular weight excluding hydrogens is 336 g/mol. The number of hydrogen-bond acceptors (Lipinski definition) is 7. The molecule has 4 rings (SSSR count). The van der Waals surface area contributed by atoms with Crippen molar-refractivity contribution < 1.29 is 14.2 Å². The second-order valence-corrected chi connectivity index (χ2v) is 6.56. The molecule has 0 aliphatic carbocycles. The summed E-state index contributed by atoms with van der Waals surface area (Å²) >= 11 is 0. The average molecular weight is 356 g/mol. The molecule has 0 unspecified atom stereocenters. The summed E-state index contributed by atoms with van der Waals surface area (Å²) in [5.41, 5.74) is 7.75. The molecular formula is C17H20N6O3. The molecule has 1 saturated heterocycles. The predicted octanol–water partition coefficient (Wildman–Crippen LogP) is 1.30. The predicted molar refractivity (Wildman–Crippen MR) is 94.0 cm³/mol. The summed E-state index contributed by atoms with van der Waals surface area (Å²) in [5.74, 6) is 0.599. The molecule has 1 fully saturated rings. The van der Waals surface area contributed by atoms with E-state index < -0.39 is 0 Å². The van der Waals surface area contributed by atoms with Crippen LogP contribution in [0.15, 0.2) is 28.9 Å². The topological polar surface area (TPSA) is 112 Å². The van der Waals surface area contributed by atoms with Crippen LogP contribution in [0.25, 0.3) is 22.6 Å². The Morgan fingerprint density at radius 1 is 1.23 bits per heavy atom. The van der Waals surface area contributed by atoms with Gasteiger partial charge in [-0.2, -0.15) is 0 Å². The molecule has 1 aliphatic rings. The zero-order valence-electron chi connectivity index (χ0n) is 14.6. The molecule has 0 spiro atoms. The van der Waals surface area contributed by atoms with Crippen LogP contribution >= 0.6 is 0 Å². The largest absolute Gasteiger partial charge is 0.379 e. The van der Waals surface area contributed by atoms with E-state index in [1.165, 1.54) is 0 Å². The Kier molecular flexibility index (Phi) is 4.08. The summed E-state index contributed by atoms with van der Waals surface area (Å²) < 4.78 is 12.2. The van der Waals surface area contributed by atoms with Gasteiger partial charge in [-0.25, -0.2) is 9.61 Å². The highest BCUT2D eigenvalue weighted by atomic mass is 16.6. The van der Waals surface area contributed by atoms with Gasteiger partial charge in [-0.3, -0.25) is 4.79 Å². The quantitative estimate of drug-likeness (QED) is 0.753. The summed E-state index contributed by atoms with van der Waals surface area (Å²) in [7, 11) is 0. The molecule has 2 N–H and O–H groups in total. The van der Waals surface area contributed by atoms with Crippen LogP contribution in [0.1, 0.15) is 13.8 Å². The fourth-order valence-corrected chi connectivity index (χ4v) is 3.38. The van der Waals surface area contributed by atoms with E-state index in [-0.39, 0.29) is 30.5 Å². The fourth-order valence-electron chi connectivity index (χ4n) is 3.38. The Bertz CT molecular complexity index is 939. The van der Waals surface area contributed by atoms with Crippen molar-refractivity contribution in [3.05, 3.63) is 24.3 Å². The first-order chi connectivity index (χ1) is 12.5. The Hall–Kier alpha value is -2.94. The van der Waals surface area contributed by atoms with Crippen LogP contribution in [0.2, 0.25) is 0 Å². The number of ether oxygens (including phenoxy) is 1. The Morgan fingerprint density at radius 2 is 1.96 bits per heavy atom. The number of fused-ring (bicyclic) bond motifs is 1. The lowest BCUT2D eigenvalue weighted by molar-refractivity contribution is -0.143. The van der Waals surface area contributed by atoms with Gasteiger partial charge in [-0.05, 0) is 36.3 Å². The molecule has 136 valence electrons. The minimum absolute atomic E-state index is 0.00794. The van der Waals surface area contributed by atoms with Crippen molar-refractivity contribution in [1.29, 1.82) is 0 Å². The molecule has 1 amide bonds. The molecule has 9 heteroatoms. The van der Waals surface area contributed by atoms with Gasteiger partial charge in [0.15, 0.2) is 17.3 Å². The van der Waals surface area contributed by atoms with Gasteiger partial charge in [-0.1, -0.05) is 12.1 Å². The summed E-state index contributed by atoms with van der Waals surface area (Å²) in [6.45, 7) is 5.20. The molecule has 2 atom stereocenters. The second-order valence-electron chi connectivity index (χ2n) is 6.56. The minimum atomic E-state index is -0.00794. The molecule has 0 radical (unpaired) electrons. The van der Waals surface area contributed by atoms with Crippen molar-refractivity contribution >= 4 is 22.8 Å². The van der Waals surface area contributed by atoms with E-state index in [4.69, 9.17) is 15.1 Å². The number of nitrogens with two attached hydrogens (primary N) is 1. The van der Waals surface area contributed by atoms with Gasteiger partial charge in [0.05, 0.1) is 23.2 Å². The number of amides is 1. The van der Waals surface area contributed by atoms with Crippen LogP contribution in [0.5, 0.6) is 0 Å². The zero-order chi connectivity index (χ0) is 18.3. The number of rotatable bonds is 3. The lowest BCUT2D eigenvalue weighted by Gasteiger charge is -2.35. The number of anilines is 1. The lowest BCUT2D eigenvalue weighted by Crippen LogP contribution is -2.49. The molecule has 3 heterocycles. The van der Waals surface area contributed by atoms with Crippen LogP contribution in [0.4, 0.5) is 5.82 Å². The Balaban J connectivity index is 1.71. The maximum absolute atomic E-state index is 12.9.